The smallest absolute Gasteiger partial charge is 0.0708 e. The van der Waals surface area contributed by atoms with Gasteiger partial charge in [-0.1, -0.05) is 19.8 Å². The van der Waals surface area contributed by atoms with Crippen LogP contribution < -0.4 is 5.32 Å². The fourth-order valence-electron chi connectivity index (χ4n) is 2.94. The van der Waals surface area contributed by atoms with Crippen molar-refractivity contribution in [3.8, 4) is 0 Å². The van der Waals surface area contributed by atoms with Crippen LogP contribution >= 0.6 is 0 Å². The number of rotatable bonds is 4. The van der Waals surface area contributed by atoms with Gasteiger partial charge in [-0.2, -0.15) is 0 Å². The minimum atomic E-state index is 0.259. The van der Waals surface area contributed by atoms with Crippen LogP contribution in [0.3, 0.4) is 0 Å². The monoisotopic (exact) mass is 225 g/mol. The van der Waals surface area contributed by atoms with E-state index in [2.05, 4.69) is 26.1 Å². The molecule has 2 nitrogen and oxygen atoms in total. The van der Waals surface area contributed by atoms with Gasteiger partial charge in [0, 0.05) is 12.1 Å². The molecule has 0 radical (unpaired) electrons. The van der Waals surface area contributed by atoms with Gasteiger partial charge in [0.1, 0.15) is 0 Å². The summed E-state index contributed by atoms with van der Waals surface area (Å²) >= 11 is 0. The van der Waals surface area contributed by atoms with E-state index in [1.54, 1.807) is 0 Å². The van der Waals surface area contributed by atoms with E-state index < -0.39 is 0 Å². The SMILES string of the molecule is CCC(C)(C)NCC1CCC2(CCCC2)O1. The maximum Gasteiger partial charge on any atom is 0.0708 e. The summed E-state index contributed by atoms with van der Waals surface area (Å²) in [5.41, 5.74) is 0.553. The maximum atomic E-state index is 6.29. The molecule has 2 rings (SSSR count). The third-order valence-corrected chi connectivity index (χ3v) is 4.55. The van der Waals surface area contributed by atoms with E-state index in [0.29, 0.717) is 11.7 Å². The van der Waals surface area contributed by atoms with Gasteiger partial charge in [0.25, 0.3) is 0 Å². The first-order valence-electron chi connectivity index (χ1n) is 6.98. The average molecular weight is 225 g/mol. The first-order valence-corrected chi connectivity index (χ1v) is 6.98. The number of nitrogens with one attached hydrogen (secondary N) is 1. The standard InChI is InChI=1S/C14H27NO/c1-4-13(2,3)15-11-12-7-10-14(16-12)8-5-6-9-14/h12,15H,4-11H2,1-3H3. The number of hydrogen-bond donors (Lipinski definition) is 1. The van der Waals surface area contributed by atoms with E-state index in [1.165, 1.54) is 44.9 Å². The lowest BCUT2D eigenvalue weighted by molar-refractivity contribution is -0.0370. The van der Waals surface area contributed by atoms with Crippen molar-refractivity contribution < 1.29 is 4.74 Å². The Kier molecular flexibility index (Phi) is 3.60. The summed E-state index contributed by atoms with van der Waals surface area (Å²) in [5.74, 6) is 0. The van der Waals surface area contributed by atoms with E-state index in [4.69, 9.17) is 4.74 Å². The van der Waals surface area contributed by atoms with Gasteiger partial charge in [0.15, 0.2) is 0 Å². The Morgan fingerprint density at radius 2 is 1.94 bits per heavy atom. The Balaban J connectivity index is 1.77. The maximum absolute atomic E-state index is 6.29. The van der Waals surface area contributed by atoms with Gasteiger partial charge in [-0.05, 0) is 46.0 Å². The largest absolute Gasteiger partial charge is 0.370 e. The van der Waals surface area contributed by atoms with Crippen molar-refractivity contribution >= 4 is 0 Å². The van der Waals surface area contributed by atoms with Crippen LogP contribution in [0, 0.1) is 0 Å². The van der Waals surface area contributed by atoms with Crippen molar-refractivity contribution in [2.75, 3.05) is 6.54 Å². The van der Waals surface area contributed by atoms with Crippen molar-refractivity contribution in [1.82, 2.24) is 5.32 Å². The summed E-state index contributed by atoms with van der Waals surface area (Å²) in [5, 5.41) is 3.63. The quantitative estimate of drug-likeness (QED) is 0.793. The van der Waals surface area contributed by atoms with Crippen LogP contribution in [-0.2, 0) is 4.74 Å². The highest BCUT2D eigenvalue weighted by molar-refractivity contribution is 4.93. The van der Waals surface area contributed by atoms with Gasteiger partial charge >= 0.3 is 0 Å². The van der Waals surface area contributed by atoms with E-state index in [9.17, 15) is 0 Å². The molecule has 2 aliphatic rings. The molecule has 94 valence electrons. The van der Waals surface area contributed by atoms with E-state index in [1.807, 2.05) is 0 Å². The molecule has 16 heavy (non-hydrogen) atoms. The first-order chi connectivity index (χ1) is 7.55. The molecule has 0 aromatic heterocycles. The molecule has 0 amide bonds. The predicted molar refractivity (Wildman–Crippen MR) is 67.7 cm³/mol. The molecule has 1 aliphatic heterocycles. The summed E-state index contributed by atoms with van der Waals surface area (Å²) in [4.78, 5) is 0. The molecule has 2 heteroatoms. The molecule has 0 bridgehead atoms. The van der Waals surface area contributed by atoms with Gasteiger partial charge in [-0.3, -0.25) is 0 Å². The first kappa shape index (κ1) is 12.4. The fourth-order valence-corrected chi connectivity index (χ4v) is 2.94. The van der Waals surface area contributed by atoms with E-state index in [0.717, 1.165) is 6.54 Å². The summed E-state index contributed by atoms with van der Waals surface area (Å²) in [6, 6.07) is 0. The lowest BCUT2D eigenvalue weighted by Gasteiger charge is -2.28. The minimum absolute atomic E-state index is 0.259. The van der Waals surface area contributed by atoms with Crippen molar-refractivity contribution in [1.29, 1.82) is 0 Å². The molecule has 0 aromatic rings. The summed E-state index contributed by atoms with van der Waals surface area (Å²) < 4.78 is 6.29. The predicted octanol–water partition coefficient (Wildman–Crippen LogP) is 3.26. The van der Waals surface area contributed by atoms with Gasteiger partial charge < -0.3 is 10.1 Å². The van der Waals surface area contributed by atoms with E-state index in [-0.39, 0.29) is 5.54 Å². The topological polar surface area (TPSA) is 21.3 Å². The Bertz CT molecular complexity index is 231. The van der Waals surface area contributed by atoms with Gasteiger partial charge in [0.05, 0.1) is 11.7 Å². The van der Waals surface area contributed by atoms with Crippen molar-refractivity contribution in [3.63, 3.8) is 0 Å². The van der Waals surface area contributed by atoms with Gasteiger partial charge in [-0.15, -0.1) is 0 Å². The molecule has 1 heterocycles. The second-order valence-corrected chi connectivity index (χ2v) is 6.29. The highest BCUT2D eigenvalue weighted by Crippen LogP contribution is 2.43. The fraction of sp³-hybridized carbons (Fsp3) is 1.00. The second-order valence-electron chi connectivity index (χ2n) is 6.29. The molecule has 1 saturated heterocycles. The Hall–Kier alpha value is -0.0800. The van der Waals surface area contributed by atoms with Crippen molar-refractivity contribution in [3.05, 3.63) is 0 Å². The molecule has 1 saturated carbocycles. The highest BCUT2D eigenvalue weighted by atomic mass is 16.5. The lowest BCUT2D eigenvalue weighted by atomic mass is 9.98. The number of ether oxygens (including phenoxy) is 1. The zero-order chi connectivity index (χ0) is 11.6. The lowest BCUT2D eigenvalue weighted by Crippen LogP contribution is -2.43. The van der Waals surface area contributed by atoms with Crippen LogP contribution in [-0.4, -0.2) is 23.8 Å². The second kappa shape index (κ2) is 4.66. The molecular weight excluding hydrogens is 198 g/mol. The zero-order valence-electron chi connectivity index (χ0n) is 11.1. The molecule has 1 spiro atoms. The van der Waals surface area contributed by atoms with Crippen LogP contribution in [0.5, 0.6) is 0 Å². The average Bonchev–Trinajstić information content (AvgIpc) is 2.87. The van der Waals surface area contributed by atoms with Crippen molar-refractivity contribution in [2.24, 2.45) is 0 Å². The van der Waals surface area contributed by atoms with Crippen LogP contribution in [0.15, 0.2) is 0 Å². The Morgan fingerprint density at radius 1 is 1.25 bits per heavy atom. The van der Waals surface area contributed by atoms with Crippen LogP contribution in [0.1, 0.15) is 65.7 Å². The third-order valence-electron chi connectivity index (χ3n) is 4.55. The normalized spacial score (nSPS) is 29.1. The molecule has 2 fully saturated rings. The summed E-state index contributed by atoms with van der Waals surface area (Å²) in [6.45, 7) is 7.81. The molecule has 0 aromatic carbocycles. The molecule has 1 unspecified atom stereocenters. The van der Waals surface area contributed by atoms with Crippen LogP contribution in [0.4, 0.5) is 0 Å². The van der Waals surface area contributed by atoms with Crippen molar-refractivity contribution in [2.45, 2.75) is 83.0 Å². The Morgan fingerprint density at radius 3 is 2.56 bits per heavy atom. The molecule has 1 aliphatic carbocycles. The number of hydrogen-bond acceptors (Lipinski definition) is 2. The molecule has 1 atom stereocenters. The van der Waals surface area contributed by atoms with Gasteiger partial charge in [0.2, 0.25) is 0 Å². The van der Waals surface area contributed by atoms with Crippen LogP contribution in [0.25, 0.3) is 0 Å². The van der Waals surface area contributed by atoms with Crippen LogP contribution in [0.2, 0.25) is 0 Å². The molecular formula is C14H27NO. The van der Waals surface area contributed by atoms with Gasteiger partial charge in [-0.25, -0.2) is 0 Å². The summed E-state index contributed by atoms with van der Waals surface area (Å²) in [6.07, 6.45) is 9.55. The van der Waals surface area contributed by atoms with E-state index >= 15 is 0 Å². The summed E-state index contributed by atoms with van der Waals surface area (Å²) in [7, 11) is 0. The molecule has 1 N–H and O–H groups in total. The zero-order valence-corrected chi connectivity index (χ0v) is 11.1. The Labute approximate surface area is 100 Å². The minimum Gasteiger partial charge on any atom is -0.370 e. The third kappa shape index (κ3) is 2.78. The highest BCUT2D eigenvalue weighted by Gasteiger charge is 2.42.